The Hall–Kier alpha value is -2.19. The average Bonchev–Trinajstić information content (AvgIpc) is 2.53. The molecule has 0 bridgehead atoms. The normalized spacial score (nSPS) is 12.5. The Morgan fingerprint density at radius 1 is 1.05 bits per heavy atom. The zero-order chi connectivity index (χ0) is 13.9. The summed E-state index contributed by atoms with van der Waals surface area (Å²) in [5, 5.41) is 5.71. The molecule has 0 saturated carbocycles. The van der Waals surface area contributed by atoms with Crippen LogP contribution < -0.4 is 5.32 Å². The van der Waals surface area contributed by atoms with Crippen LogP contribution in [0.25, 0.3) is 21.9 Å². The Balaban J connectivity index is 2.16. The smallest absolute Gasteiger partial charge is 0.0352 e. The number of fused-ring (bicyclic) bond motifs is 1. The first-order valence-corrected chi connectivity index (χ1v) is 6.90. The molecule has 0 aliphatic carbocycles. The largest absolute Gasteiger partial charge is 0.313 e. The summed E-state index contributed by atoms with van der Waals surface area (Å²) in [5.41, 5.74) is 3.77. The second-order valence-electron chi connectivity index (χ2n) is 5.04. The summed E-state index contributed by atoms with van der Waals surface area (Å²) in [4.78, 5) is 4.26. The molecular weight excluding hydrogens is 244 g/mol. The molecule has 0 spiro atoms. The first kappa shape index (κ1) is 12.8. The summed E-state index contributed by atoms with van der Waals surface area (Å²) in [5.74, 6) is 0. The van der Waals surface area contributed by atoms with Crippen molar-refractivity contribution in [2.24, 2.45) is 0 Å². The maximum Gasteiger partial charge on any atom is 0.0352 e. The fourth-order valence-corrected chi connectivity index (χ4v) is 2.51. The Morgan fingerprint density at radius 2 is 1.90 bits per heavy atom. The topological polar surface area (TPSA) is 24.9 Å². The molecular formula is C18H18N2. The van der Waals surface area contributed by atoms with Crippen molar-refractivity contribution in [2.45, 2.75) is 13.0 Å². The Morgan fingerprint density at radius 3 is 2.75 bits per heavy atom. The molecule has 1 atom stereocenters. The van der Waals surface area contributed by atoms with Gasteiger partial charge in [0.25, 0.3) is 0 Å². The molecule has 0 fully saturated rings. The third kappa shape index (κ3) is 2.30. The molecule has 1 N–H and O–H groups in total. The van der Waals surface area contributed by atoms with Gasteiger partial charge in [-0.2, -0.15) is 0 Å². The van der Waals surface area contributed by atoms with E-state index in [1.807, 2.05) is 19.4 Å². The van der Waals surface area contributed by atoms with Crippen molar-refractivity contribution in [1.29, 1.82) is 0 Å². The average molecular weight is 262 g/mol. The molecule has 100 valence electrons. The van der Waals surface area contributed by atoms with Gasteiger partial charge in [-0.25, -0.2) is 0 Å². The van der Waals surface area contributed by atoms with Crippen molar-refractivity contribution < 1.29 is 0 Å². The number of nitrogens with one attached hydrogen (secondary N) is 1. The molecule has 2 heteroatoms. The lowest BCUT2D eigenvalue weighted by Gasteiger charge is -2.13. The first-order chi connectivity index (χ1) is 9.79. The highest BCUT2D eigenvalue weighted by Gasteiger charge is 2.07. The van der Waals surface area contributed by atoms with Gasteiger partial charge in [-0.15, -0.1) is 0 Å². The van der Waals surface area contributed by atoms with Crippen molar-refractivity contribution in [3.63, 3.8) is 0 Å². The van der Waals surface area contributed by atoms with Gasteiger partial charge < -0.3 is 5.32 Å². The lowest BCUT2D eigenvalue weighted by atomic mass is 9.97. The lowest BCUT2D eigenvalue weighted by Crippen LogP contribution is -2.12. The fourth-order valence-electron chi connectivity index (χ4n) is 2.51. The Bertz CT molecular complexity index is 729. The van der Waals surface area contributed by atoms with Crippen LogP contribution >= 0.6 is 0 Å². The molecule has 0 saturated heterocycles. The third-order valence-corrected chi connectivity index (χ3v) is 3.81. The molecule has 0 aliphatic rings. The monoisotopic (exact) mass is 262 g/mol. The van der Waals surface area contributed by atoms with E-state index in [0.29, 0.717) is 6.04 Å². The van der Waals surface area contributed by atoms with Crippen molar-refractivity contribution in [3.05, 3.63) is 66.5 Å². The standard InChI is InChI=1S/C18H18N2/c1-13(19-2)15-6-3-7-16(11-15)17-8-4-5-14-9-10-20-12-18(14)17/h3-13,19H,1-2H3. The minimum absolute atomic E-state index is 0.350. The number of rotatable bonds is 3. The van der Waals surface area contributed by atoms with Crippen LogP contribution in [0.4, 0.5) is 0 Å². The van der Waals surface area contributed by atoms with Crippen molar-refractivity contribution in [3.8, 4) is 11.1 Å². The van der Waals surface area contributed by atoms with Crippen molar-refractivity contribution >= 4 is 10.8 Å². The van der Waals surface area contributed by atoms with E-state index in [1.54, 1.807) is 0 Å². The Kier molecular flexibility index (Phi) is 3.48. The van der Waals surface area contributed by atoms with Gasteiger partial charge in [0.2, 0.25) is 0 Å². The number of aromatic nitrogens is 1. The molecule has 3 rings (SSSR count). The van der Waals surface area contributed by atoms with E-state index in [2.05, 4.69) is 65.8 Å². The number of nitrogens with zero attached hydrogens (tertiary/aromatic N) is 1. The Labute approximate surface area is 119 Å². The molecule has 20 heavy (non-hydrogen) atoms. The summed E-state index contributed by atoms with van der Waals surface area (Å²) < 4.78 is 0. The SMILES string of the molecule is CNC(C)c1cccc(-c2cccc3ccncc23)c1. The maximum atomic E-state index is 4.26. The van der Waals surface area contributed by atoms with Crippen LogP contribution in [-0.2, 0) is 0 Å². The second kappa shape index (κ2) is 5.43. The van der Waals surface area contributed by atoms with E-state index in [0.717, 1.165) is 0 Å². The number of hydrogen-bond acceptors (Lipinski definition) is 2. The minimum atomic E-state index is 0.350. The highest BCUT2D eigenvalue weighted by atomic mass is 14.8. The van der Waals surface area contributed by atoms with Crippen LogP contribution in [0.3, 0.4) is 0 Å². The van der Waals surface area contributed by atoms with Gasteiger partial charge in [-0.3, -0.25) is 4.98 Å². The first-order valence-electron chi connectivity index (χ1n) is 6.90. The number of benzene rings is 2. The number of pyridine rings is 1. The van der Waals surface area contributed by atoms with E-state index in [9.17, 15) is 0 Å². The van der Waals surface area contributed by atoms with Crippen LogP contribution in [0, 0.1) is 0 Å². The van der Waals surface area contributed by atoms with E-state index in [-0.39, 0.29) is 0 Å². The minimum Gasteiger partial charge on any atom is -0.313 e. The van der Waals surface area contributed by atoms with Gasteiger partial charge in [0, 0.05) is 23.8 Å². The van der Waals surface area contributed by atoms with E-state index in [4.69, 9.17) is 0 Å². The van der Waals surface area contributed by atoms with Crippen molar-refractivity contribution in [1.82, 2.24) is 10.3 Å². The van der Waals surface area contributed by atoms with E-state index >= 15 is 0 Å². The number of hydrogen-bond donors (Lipinski definition) is 1. The van der Waals surface area contributed by atoms with E-state index in [1.165, 1.54) is 27.5 Å². The van der Waals surface area contributed by atoms with Gasteiger partial charge in [0.05, 0.1) is 0 Å². The predicted octanol–water partition coefficient (Wildman–Crippen LogP) is 4.18. The van der Waals surface area contributed by atoms with Gasteiger partial charge in [0.15, 0.2) is 0 Å². The zero-order valence-corrected chi connectivity index (χ0v) is 11.8. The van der Waals surface area contributed by atoms with Crippen LogP contribution in [-0.4, -0.2) is 12.0 Å². The van der Waals surface area contributed by atoms with Crippen LogP contribution in [0.1, 0.15) is 18.5 Å². The lowest BCUT2D eigenvalue weighted by molar-refractivity contribution is 0.652. The zero-order valence-electron chi connectivity index (χ0n) is 11.8. The van der Waals surface area contributed by atoms with Crippen LogP contribution in [0.2, 0.25) is 0 Å². The molecule has 2 aromatic carbocycles. The summed E-state index contributed by atoms with van der Waals surface area (Å²) in [6.45, 7) is 2.17. The summed E-state index contributed by atoms with van der Waals surface area (Å²) in [6, 6.07) is 17.5. The van der Waals surface area contributed by atoms with Crippen LogP contribution in [0.5, 0.6) is 0 Å². The fraction of sp³-hybridized carbons (Fsp3) is 0.167. The summed E-state index contributed by atoms with van der Waals surface area (Å²) in [6.07, 6.45) is 3.78. The van der Waals surface area contributed by atoms with Crippen molar-refractivity contribution in [2.75, 3.05) is 7.05 Å². The molecule has 0 radical (unpaired) electrons. The van der Waals surface area contributed by atoms with Gasteiger partial charge in [0.1, 0.15) is 0 Å². The summed E-state index contributed by atoms with van der Waals surface area (Å²) >= 11 is 0. The third-order valence-electron chi connectivity index (χ3n) is 3.81. The summed E-state index contributed by atoms with van der Waals surface area (Å²) in [7, 11) is 1.99. The molecule has 3 aromatic rings. The van der Waals surface area contributed by atoms with Gasteiger partial charge in [-0.05, 0) is 48.2 Å². The van der Waals surface area contributed by atoms with E-state index < -0.39 is 0 Å². The quantitative estimate of drug-likeness (QED) is 0.766. The molecule has 1 unspecified atom stereocenters. The molecule has 0 amide bonds. The van der Waals surface area contributed by atoms with Gasteiger partial charge >= 0.3 is 0 Å². The second-order valence-corrected chi connectivity index (χ2v) is 5.04. The molecule has 1 heterocycles. The molecule has 1 aromatic heterocycles. The predicted molar refractivity (Wildman–Crippen MR) is 84.7 cm³/mol. The highest BCUT2D eigenvalue weighted by molar-refractivity contribution is 5.96. The highest BCUT2D eigenvalue weighted by Crippen LogP contribution is 2.29. The molecule has 0 aliphatic heterocycles. The maximum absolute atomic E-state index is 4.26. The molecule has 2 nitrogen and oxygen atoms in total. The van der Waals surface area contributed by atoms with Crippen LogP contribution in [0.15, 0.2) is 60.9 Å². The van der Waals surface area contributed by atoms with Gasteiger partial charge in [-0.1, -0.05) is 36.4 Å².